The minimum atomic E-state index is 0.603. The van der Waals surface area contributed by atoms with Crippen molar-refractivity contribution in [2.24, 2.45) is 5.92 Å². The summed E-state index contributed by atoms with van der Waals surface area (Å²) in [6.07, 6.45) is 15.7. The fraction of sp³-hybridized carbons (Fsp3) is 0.778. The summed E-state index contributed by atoms with van der Waals surface area (Å²) < 4.78 is 2.39. The zero-order valence-corrected chi connectivity index (χ0v) is 13.4. The smallest absolute Gasteiger partial charge is 0.0363 e. The molecule has 1 aliphatic rings. The monoisotopic (exact) mass is 276 g/mol. The standard InChI is InChI=1S/C18H32N2/c1-3-5-6-7-8-9-13-20-14-12-17(15-20)18(19-4-2)16-10-11-16/h12,14-16,18-19H,3-11,13H2,1-2H3. The zero-order chi connectivity index (χ0) is 14.2. The number of nitrogens with one attached hydrogen (secondary N) is 1. The Hall–Kier alpha value is -0.760. The second kappa shape index (κ2) is 8.51. The molecular formula is C18H32N2. The molecule has 1 saturated carbocycles. The molecule has 20 heavy (non-hydrogen) atoms. The van der Waals surface area contributed by atoms with Crippen LogP contribution >= 0.6 is 0 Å². The van der Waals surface area contributed by atoms with Gasteiger partial charge in [0.25, 0.3) is 0 Å². The highest BCUT2D eigenvalue weighted by Crippen LogP contribution is 2.41. The molecule has 114 valence electrons. The zero-order valence-electron chi connectivity index (χ0n) is 13.4. The van der Waals surface area contributed by atoms with E-state index in [9.17, 15) is 0 Å². The topological polar surface area (TPSA) is 17.0 Å². The fourth-order valence-corrected chi connectivity index (χ4v) is 3.06. The van der Waals surface area contributed by atoms with Crippen LogP contribution in [0.2, 0.25) is 0 Å². The molecular weight excluding hydrogens is 244 g/mol. The van der Waals surface area contributed by atoms with Gasteiger partial charge >= 0.3 is 0 Å². The van der Waals surface area contributed by atoms with E-state index >= 15 is 0 Å². The van der Waals surface area contributed by atoms with Crippen LogP contribution in [0.5, 0.6) is 0 Å². The third-order valence-electron chi connectivity index (χ3n) is 4.42. The Morgan fingerprint density at radius 1 is 1.15 bits per heavy atom. The molecule has 1 fully saturated rings. The molecule has 1 unspecified atom stereocenters. The normalized spacial score (nSPS) is 16.5. The maximum Gasteiger partial charge on any atom is 0.0363 e. The van der Waals surface area contributed by atoms with Gasteiger partial charge in [0, 0.05) is 25.0 Å². The first-order chi connectivity index (χ1) is 9.85. The van der Waals surface area contributed by atoms with Crippen LogP contribution in [0.25, 0.3) is 0 Å². The Balaban J connectivity index is 1.71. The molecule has 0 amide bonds. The molecule has 2 heteroatoms. The third-order valence-corrected chi connectivity index (χ3v) is 4.42. The molecule has 1 aliphatic carbocycles. The van der Waals surface area contributed by atoms with Gasteiger partial charge in [0.15, 0.2) is 0 Å². The van der Waals surface area contributed by atoms with Gasteiger partial charge in [-0.1, -0.05) is 46.0 Å². The summed E-state index contributed by atoms with van der Waals surface area (Å²) >= 11 is 0. The Morgan fingerprint density at radius 2 is 1.90 bits per heavy atom. The summed E-state index contributed by atoms with van der Waals surface area (Å²) in [4.78, 5) is 0. The molecule has 0 aromatic carbocycles. The van der Waals surface area contributed by atoms with Crippen molar-refractivity contribution in [3.8, 4) is 0 Å². The minimum absolute atomic E-state index is 0.603. The number of unbranched alkanes of at least 4 members (excludes halogenated alkanes) is 5. The van der Waals surface area contributed by atoms with Crippen LogP contribution in [0.3, 0.4) is 0 Å². The second-order valence-electron chi connectivity index (χ2n) is 6.32. The van der Waals surface area contributed by atoms with Gasteiger partial charge in [-0.15, -0.1) is 0 Å². The molecule has 1 N–H and O–H groups in total. The van der Waals surface area contributed by atoms with Crippen molar-refractivity contribution in [2.45, 2.75) is 77.8 Å². The van der Waals surface area contributed by atoms with Gasteiger partial charge < -0.3 is 9.88 Å². The van der Waals surface area contributed by atoms with E-state index in [4.69, 9.17) is 0 Å². The molecule has 0 aliphatic heterocycles. The molecule has 1 aromatic rings. The average Bonchev–Trinajstić information content (AvgIpc) is 3.19. The van der Waals surface area contributed by atoms with E-state index in [0.717, 1.165) is 12.5 Å². The summed E-state index contributed by atoms with van der Waals surface area (Å²) in [6.45, 7) is 6.75. The highest BCUT2D eigenvalue weighted by molar-refractivity contribution is 5.18. The van der Waals surface area contributed by atoms with Gasteiger partial charge in [-0.3, -0.25) is 0 Å². The Kier molecular flexibility index (Phi) is 6.65. The summed E-state index contributed by atoms with van der Waals surface area (Å²) in [5.41, 5.74) is 1.50. The lowest BCUT2D eigenvalue weighted by molar-refractivity contribution is 0.494. The summed E-state index contributed by atoms with van der Waals surface area (Å²) in [5.74, 6) is 0.889. The molecule has 1 aromatic heterocycles. The number of hydrogen-bond donors (Lipinski definition) is 1. The van der Waals surface area contributed by atoms with Gasteiger partial charge in [-0.05, 0) is 43.4 Å². The molecule has 1 heterocycles. The molecule has 2 nitrogen and oxygen atoms in total. The van der Waals surface area contributed by atoms with E-state index in [0.29, 0.717) is 6.04 Å². The van der Waals surface area contributed by atoms with Crippen molar-refractivity contribution in [3.05, 3.63) is 24.0 Å². The average molecular weight is 276 g/mol. The van der Waals surface area contributed by atoms with Crippen molar-refractivity contribution in [3.63, 3.8) is 0 Å². The lowest BCUT2D eigenvalue weighted by Crippen LogP contribution is -2.22. The summed E-state index contributed by atoms with van der Waals surface area (Å²) in [5, 5.41) is 3.65. The van der Waals surface area contributed by atoms with Crippen molar-refractivity contribution >= 4 is 0 Å². The van der Waals surface area contributed by atoms with Crippen LogP contribution in [0.15, 0.2) is 18.5 Å². The van der Waals surface area contributed by atoms with Crippen LogP contribution < -0.4 is 5.32 Å². The third kappa shape index (κ3) is 4.97. The summed E-state index contributed by atoms with van der Waals surface area (Å²) in [7, 11) is 0. The van der Waals surface area contributed by atoms with Crippen LogP contribution in [0.4, 0.5) is 0 Å². The highest BCUT2D eigenvalue weighted by Gasteiger charge is 2.31. The Labute approximate surface area is 125 Å². The van der Waals surface area contributed by atoms with E-state index in [1.165, 1.54) is 63.5 Å². The molecule has 2 rings (SSSR count). The maximum atomic E-state index is 3.65. The molecule has 0 saturated heterocycles. The largest absolute Gasteiger partial charge is 0.354 e. The molecule has 1 atom stereocenters. The number of aromatic nitrogens is 1. The highest BCUT2D eigenvalue weighted by atomic mass is 15.0. The van der Waals surface area contributed by atoms with E-state index < -0.39 is 0 Å². The molecule has 0 bridgehead atoms. The van der Waals surface area contributed by atoms with Crippen molar-refractivity contribution in [1.82, 2.24) is 9.88 Å². The van der Waals surface area contributed by atoms with E-state index in [2.05, 4.69) is 42.2 Å². The van der Waals surface area contributed by atoms with E-state index in [-0.39, 0.29) is 0 Å². The Bertz CT molecular complexity index is 365. The van der Waals surface area contributed by atoms with Crippen LogP contribution in [-0.4, -0.2) is 11.1 Å². The van der Waals surface area contributed by atoms with E-state index in [1.807, 2.05) is 0 Å². The number of aryl methyl sites for hydroxylation is 1. The lowest BCUT2D eigenvalue weighted by Gasteiger charge is -2.15. The number of hydrogen-bond acceptors (Lipinski definition) is 1. The SMILES string of the molecule is CCCCCCCCn1ccc(C(NCC)C2CC2)c1. The van der Waals surface area contributed by atoms with Gasteiger partial charge in [0.2, 0.25) is 0 Å². The van der Waals surface area contributed by atoms with Gasteiger partial charge in [-0.25, -0.2) is 0 Å². The molecule has 0 radical (unpaired) electrons. The first kappa shape index (κ1) is 15.6. The van der Waals surface area contributed by atoms with Crippen molar-refractivity contribution in [1.29, 1.82) is 0 Å². The van der Waals surface area contributed by atoms with Crippen LogP contribution in [-0.2, 0) is 6.54 Å². The lowest BCUT2D eigenvalue weighted by atomic mass is 10.1. The maximum absolute atomic E-state index is 3.65. The first-order valence-corrected chi connectivity index (χ1v) is 8.74. The summed E-state index contributed by atoms with van der Waals surface area (Å²) in [6, 6.07) is 2.92. The minimum Gasteiger partial charge on any atom is -0.354 e. The van der Waals surface area contributed by atoms with Gasteiger partial charge in [-0.2, -0.15) is 0 Å². The van der Waals surface area contributed by atoms with Gasteiger partial charge in [0.05, 0.1) is 0 Å². The second-order valence-corrected chi connectivity index (χ2v) is 6.32. The quantitative estimate of drug-likeness (QED) is 0.568. The Morgan fingerprint density at radius 3 is 2.60 bits per heavy atom. The molecule has 0 spiro atoms. The number of rotatable bonds is 11. The first-order valence-electron chi connectivity index (χ1n) is 8.74. The van der Waals surface area contributed by atoms with Gasteiger partial charge in [0.1, 0.15) is 0 Å². The number of nitrogens with zero attached hydrogens (tertiary/aromatic N) is 1. The fourth-order valence-electron chi connectivity index (χ4n) is 3.06. The van der Waals surface area contributed by atoms with Crippen LogP contribution in [0, 0.1) is 5.92 Å². The van der Waals surface area contributed by atoms with Crippen molar-refractivity contribution in [2.75, 3.05) is 6.54 Å². The van der Waals surface area contributed by atoms with Crippen molar-refractivity contribution < 1.29 is 0 Å². The van der Waals surface area contributed by atoms with E-state index in [1.54, 1.807) is 0 Å². The predicted molar refractivity (Wildman–Crippen MR) is 86.9 cm³/mol. The van der Waals surface area contributed by atoms with Crippen LogP contribution in [0.1, 0.15) is 76.8 Å². The predicted octanol–water partition coefficient (Wildman–Crippen LogP) is 4.91.